The number of benzene rings is 1. The fourth-order valence-corrected chi connectivity index (χ4v) is 3.49. The Morgan fingerprint density at radius 2 is 1.28 bits per heavy atom. The van der Waals surface area contributed by atoms with E-state index in [1.165, 1.54) is 95.2 Å². The van der Waals surface area contributed by atoms with Gasteiger partial charge in [0.1, 0.15) is 11.3 Å². The van der Waals surface area contributed by atoms with Crippen molar-refractivity contribution in [1.29, 1.82) is 0 Å². The number of hydrogen-bond acceptors (Lipinski definition) is 3. The molecular formula is C24H39NO4. The van der Waals surface area contributed by atoms with Crippen LogP contribution in [-0.2, 0) is 4.79 Å². The van der Waals surface area contributed by atoms with Gasteiger partial charge in [-0.25, -0.2) is 4.79 Å². The number of carbonyl (C=O) groups is 2. The fraction of sp³-hybridized carbons (Fsp3) is 0.667. The standard InChI is InChI=1S/C24H39NO4/c1-2-3-4-5-6-7-8-9-10-11-12-13-14-15-16-23(27)25-20-17-18-21(24(28)29)22(26)19-20/h17-19,26H,2-16H2,1H3,(H,25,27)(H,28,29). The summed E-state index contributed by atoms with van der Waals surface area (Å²) in [5.74, 6) is -1.64. The molecule has 1 aromatic rings. The number of anilines is 1. The Labute approximate surface area is 175 Å². The van der Waals surface area contributed by atoms with Crippen molar-refractivity contribution in [2.24, 2.45) is 0 Å². The first-order valence-electron chi connectivity index (χ1n) is 11.4. The van der Waals surface area contributed by atoms with Crippen molar-refractivity contribution in [3.8, 4) is 5.75 Å². The molecule has 1 aromatic carbocycles. The highest BCUT2D eigenvalue weighted by Gasteiger charge is 2.10. The molecule has 5 heteroatoms. The zero-order valence-corrected chi connectivity index (χ0v) is 18.0. The Morgan fingerprint density at radius 1 is 0.793 bits per heavy atom. The van der Waals surface area contributed by atoms with E-state index < -0.39 is 5.97 Å². The van der Waals surface area contributed by atoms with Crippen molar-refractivity contribution >= 4 is 17.6 Å². The minimum Gasteiger partial charge on any atom is -0.507 e. The highest BCUT2D eigenvalue weighted by molar-refractivity contribution is 5.94. The number of phenols is 1. The van der Waals surface area contributed by atoms with E-state index in [1.54, 1.807) is 0 Å². The van der Waals surface area contributed by atoms with Gasteiger partial charge in [0.15, 0.2) is 0 Å². The molecule has 5 nitrogen and oxygen atoms in total. The van der Waals surface area contributed by atoms with Crippen LogP contribution in [0.3, 0.4) is 0 Å². The summed E-state index contributed by atoms with van der Waals surface area (Å²) in [7, 11) is 0. The van der Waals surface area contributed by atoms with Gasteiger partial charge in [0.2, 0.25) is 5.91 Å². The second-order valence-electron chi connectivity index (χ2n) is 7.93. The smallest absolute Gasteiger partial charge is 0.339 e. The van der Waals surface area contributed by atoms with Crippen LogP contribution in [0.1, 0.15) is 114 Å². The third kappa shape index (κ3) is 12.2. The van der Waals surface area contributed by atoms with Gasteiger partial charge in [0.05, 0.1) is 0 Å². The molecule has 0 saturated carbocycles. The number of rotatable bonds is 17. The monoisotopic (exact) mass is 405 g/mol. The van der Waals surface area contributed by atoms with Gasteiger partial charge in [-0.05, 0) is 18.6 Å². The summed E-state index contributed by atoms with van der Waals surface area (Å²) in [6.45, 7) is 2.26. The van der Waals surface area contributed by atoms with Gasteiger partial charge in [0, 0.05) is 18.2 Å². The van der Waals surface area contributed by atoms with Crippen LogP contribution in [0.25, 0.3) is 0 Å². The largest absolute Gasteiger partial charge is 0.507 e. The van der Waals surface area contributed by atoms with Crippen LogP contribution >= 0.6 is 0 Å². The molecule has 0 aromatic heterocycles. The lowest BCUT2D eigenvalue weighted by Crippen LogP contribution is -2.11. The maximum atomic E-state index is 12.0. The molecule has 29 heavy (non-hydrogen) atoms. The van der Waals surface area contributed by atoms with Crippen LogP contribution in [0.2, 0.25) is 0 Å². The van der Waals surface area contributed by atoms with Crippen LogP contribution in [0.5, 0.6) is 5.75 Å². The Bertz CT molecular complexity index is 601. The van der Waals surface area contributed by atoms with E-state index >= 15 is 0 Å². The summed E-state index contributed by atoms with van der Waals surface area (Å²) in [6.07, 6.45) is 18.4. The molecule has 0 bridgehead atoms. The molecule has 0 fully saturated rings. The molecule has 164 valence electrons. The number of aromatic carboxylic acids is 1. The number of carbonyl (C=O) groups excluding carboxylic acids is 1. The molecule has 0 radical (unpaired) electrons. The number of hydrogen-bond donors (Lipinski definition) is 3. The van der Waals surface area contributed by atoms with Crippen LogP contribution < -0.4 is 5.32 Å². The van der Waals surface area contributed by atoms with Gasteiger partial charge in [-0.15, -0.1) is 0 Å². The normalized spacial score (nSPS) is 10.8. The van der Waals surface area contributed by atoms with Crippen molar-refractivity contribution < 1.29 is 19.8 Å². The maximum absolute atomic E-state index is 12.0. The number of carboxylic acids is 1. The summed E-state index contributed by atoms with van der Waals surface area (Å²) < 4.78 is 0. The summed E-state index contributed by atoms with van der Waals surface area (Å²) in [5.41, 5.74) is 0.248. The van der Waals surface area contributed by atoms with Gasteiger partial charge >= 0.3 is 5.97 Å². The Hall–Kier alpha value is -2.04. The minimum atomic E-state index is -1.19. The van der Waals surface area contributed by atoms with Crippen molar-refractivity contribution in [1.82, 2.24) is 0 Å². The van der Waals surface area contributed by atoms with Crippen LogP contribution in [0, 0.1) is 0 Å². The predicted molar refractivity (Wildman–Crippen MR) is 119 cm³/mol. The fourth-order valence-electron chi connectivity index (χ4n) is 3.49. The number of carboxylic acid groups (broad SMARTS) is 1. The van der Waals surface area contributed by atoms with Crippen molar-refractivity contribution in [3.63, 3.8) is 0 Å². The number of nitrogens with one attached hydrogen (secondary N) is 1. The van der Waals surface area contributed by atoms with Gasteiger partial charge < -0.3 is 15.5 Å². The number of aromatic hydroxyl groups is 1. The van der Waals surface area contributed by atoms with Crippen LogP contribution in [-0.4, -0.2) is 22.1 Å². The van der Waals surface area contributed by atoms with E-state index in [-0.39, 0.29) is 17.2 Å². The predicted octanol–water partition coefficient (Wildman–Crippen LogP) is 6.90. The van der Waals surface area contributed by atoms with Crippen LogP contribution in [0.4, 0.5) is 5.69 Å². The zero-order valence-electron chi connectivity index (χ0n) is 18.0. The van der Waals surface area contributed by atoms with Crippen molar-refractivity contribution in [2.75, 3.05) is 5.32 Å². The third-order valence-corrected chi connectivity index (χ3v) is 5.27. The second kappa shape index (κ2) is 15.8. The van der Waals surface area contributed by atoms with Crippen molar-refractivity contribution in [3.05, 3.63) is 23.8 Å². The molecule has 1 rings (SSSR count). The molecule has 0 saturated heterocycles. The van der Waals surface area contributed by atoms with Gasteiger partial charge in [0.25, 0.3) is 0 Å². The molecule has 0 unspecified atom stereocenters. The minimum absolute atomic E-state index is 0.105. The molecule has 0 atom stereocenters. The second-order valence-corrected chi connectivity index (χ2v) is 7.93. The summed E-state index contributed by atoms with van der Waals surface area (Å²) in [4.78, 5) is 22.8. The van der Waals surface area contributed by atoms with E-state index in [4.69, 9.17) is 5.11 Å². The highest BCUT2D eigenvalue weighted by Crippen LogP contribution is 2.22. The molecule has 0 aliphatic carbocycles. The van der Waals surface area contributed by atoms with Gasteiger partial charge in [-0.2, -0.15) is 0 Å². The third-order valence-electron chi connectivity index (χ3n) is 5.27. The van der Waals surface area contributed by atoms with E-state index in [1.807, 2.05) is 0 Å². The lowest BCUT2D eigenvalue weighted by molar-refractivity contribution is -0.116. The Balaban J connectivity index is 1.96. The summed E-state index contributed by atoms with van der Waals surface area (Å²) >= 11 is 0. The Kier molecular flexibility index (Phi) is 13.6. The van der Waals surface area contributed by atoms with Crippen molar-refractivity contribution in [2.45, 2.75) is 103 Å². The molecule has 0 aliphatic rings. The molecule has 0 heterocycles. The van der Waals surface area contributed by atoms with Gasteiger partial charge in [-0.1, -0.05) is 90.4 Å². The highest BCUT2D eigenvalue weighted by atomic mass is 16.4. The average Bonchev–Trinajstić information content (AvgIpc) is 2.68. The van der Waals surface area contributed by atoms with E-state index in [2.05, 4.69) is 12.2 Å². The van der Waals surface area contributed by atoms with E-state index in [0.29, 0.717) is 12.1 Å². The van der Waals surface area contributed by atoms with E-state index in [9.17, 15) is 14.7 Å². The molecule has 0 spiro atoms. The van der Waals surface area contributed by atoms with E-state index in [0.717, 1.165) is 12.8 Å². The quantitative estimate of drug-likeness (QED) is 0.246. The lowest BCUT2D eigenvalue weighted by Gasteiger charge is -2.07. The maximum Gasteiger partial charge on any atom is 0.339 e. The molecule has 3 N–H and O–H groups in total. The first-order valence-corrected chi connectivity index (χ1v) is 11.4. The molecule has 1 amide bonds. The summed E-state index contributed by atoms with van der Waals surface area (Å²) in [6, 6.07) is 4.05. The topological polar surface area (TPSA) is 86.6 Å². The number of amides is 1. The Morgan fingerprint density at radius 3 is 1.72 bits per heavy atom. The summed E-state index contributed by atoms with van der Waals surface area (Å²) in [5, 5.41) is 21.2. The van der Waals surface area contributed by atoms with Crippen LogP contribution in [0.15, 0.2) is 18.2 Å². The SMILES string of the molecule is CCCCCCCCCCCCCCCCC(=O)Nc1ccc(C(=O)O)c(O)c1. The number of unbranched alkanes of at least 4 members (excludes halogenated alkanes) is 13. The average molecular weight is 406 g/mol. The zero-order chi connectivity index (χ0) is 21.3. The van der Waals surface area contributed by atoms with Gasteiger partial charge in [-0.3, -0.25) is 4.79 Å². The molecular weight excluding hydrogens is 366 g/mol. The molecule has 0 aliphatic heterocycles. The first kappa shape index (κ1) is 25.0. The first-order chi connectivity index (χ1) is 14.0. The lowest BCUT2D eigenvalue weighted by atomic mass is 10.0.